The van der Waals surface area contributed by atoms with Crippen molar-refractivity contribution in [3.63, 3.8) is 0 Å². The molecular formula is C19H25N3O2S. The smallest absolute Gasteiger partial charge is 0.262 e. The Bertz CT molecular complexity index is 818. The van der Waals surface area contributed by atoms with Gasteiger partial charge in [-0.1, -0.05) is 43.7 Å². The Morgan fingerprint density at radius 2 is 2.08 bits per heavy atom. The summed E-state index contributed by atoms with van der Waals surface area (Å²) in [7, 11) is 0. The van der Waals surface area contributed by atoms with E-state index in [2.05, 4.69) is 17.2 Å². The molecule has 0 unspecified atom stereocenters. The van der Waals surface area contributed by atoms with E-state index < -0.39 is 0 Å². The molecule has 3 rings (SSSR count). The number of nitrogens with one attached hydrogen (secondary N) is 1. The Labute approximate surface area is 152 Å². The van der Waals surface area contributed by atoms with E-state index in [1.807, 2.05) is 25.1 Å². The number of hydrogen-bond acceptors (Lipinski definition) is 4. The first-order valence-corrected chi connectivity index (χ1v) is 10.0. The topological polar surface area (TPSA) is 64.0 Å². The summed E-state index contributed by atoms with van der Waals surface area (Å²) >= 11 is 1.34. The number of thioether (sulfide) groups is 1. The molecule has 0 radical (unpaired) electrons. The van der Waals surface area contributed by atoms with E-state index in [0.29, 0.717) is 28.5 Å². The van der Waals surface area contributed by atoms with Crippen LogP contribution in [-0.4, -0.2) is 27.3 Å². The van der Waals surface area contributed by atoms with Crippen molar-refractivity contribution in [2.75, 3.05) is 5.75 Å². The number of hydrogen-bond donors (Lipinski definition) is 1. The average molecular weight is 359 g/mol. The predicted molar refractivity (Wildman–Crippen MR) is 102 cm³/mol. The lowest BCUT2D eigenvalue weighted by Crippen LogP contribution is -2.41. The molecule has 2 aromatic rings. The summed E-state index contributed by atoms with van der Waals surface area (Å²) in [6.07, 6.45) is 4.68. The second-order valence-electron chi connectivity index (χ2n) is 6.69. The fourth-order valence-electron chi connectivity index (χ4n) is 3.45. The molecule has 1 saturated carbocycles. The van der Waals surface area contributed by atoms with Crippen LogP contribution in [0.1, 0.15) is 39.5 Å². The molecule has 0 aliphatic heterocycles. The van der Waals surface area contributed by atoms with Gasteiger partial charge in [0, 0.05) is 12.6 Å². The van der Waals surface area contributed by atoms with Gasteiger partial charge in [-0.2, -0.15) is 0 Å². The van der Waals surface area contributed by atoms with Crippen molar-refractivity contribution in [2.24, 2.45) is 5.92 Å². The Morgan fingerprint density at radius 1 is 1.32 bits per heavy atom. The summed E-state index contributed by atoms with van der Waals surface area (Å²) in [5, 5.41) is 4.38. The van der Waals surface area contributed by atoms with Gasteiger partial charge in [0.1, 0.15) is 0 Å². The molecule has 25 heavy (non-hydrogen) atoms. The third kappa shape index (κ3) is 4.06. The first kappa shape index (κ1) is 18.0. The highest BCUT2D eigenvalue weighted by molar-refractivity contribution is 7.99. The Hall–Kier alpha value is -1.82. The maximum atomic E-state index is 12.6. The minimum atomic E-state index is -0.0445. The van der Waals surface area contributed by atoms with Crippen molar-refractivity contribution < 1.29 is 4.79 Å². The zero-order valence-corrected chi connectivity index (χ0v) is 15.6. The maximum Gasteiger partial charge on any atom is 0.262 e. The molecule has 1 aliphatic rings. The lowest BCUT2D eigenvalue weighted by atomic mass is 9.86. The van der Waals surface area contributed by atoms with Crippen LogP contribution in [0.3, 0.4) is 0 Å². The zero-order chi connectivity index (χ0) is 17.8. The molecule has 0 saturated heterocycles. The van der Waals surface area contributed by atoms with E-state index in [9.17, 15) is 9.59 Å². The molecular weight excluding hydrogens is 334 g/mol. The molecule has 1 aliphatic carbocycles. The van der Waals surface area contributed by atoms with Gasteiger partial charge in [-0.25, -0.2) is 4.98 Å². The summed E-state index contributed by atoms with van der Waals surface area (Å²) in [5.74, 6) is 0.845. The molecule has 1 fully saturated rings. The molecule has 1 heterocycles. The minimum absolute atomic E-state index is 0.0220. The van der Waals surface area contributed by atoms with Gasteiger partial charge in [0.2, 0.25) is 5.91 Å². The van der Waals surface area contributed by atoms with E-state index in [1.165, 1.54) is 31.0 Å². The average Bonchev–Trinajstić information content (AvgIpc) is 2.62. The second kappa shape index (κ2) is 8.04. The van der Waals surface area contributed by atoms with Gasteiger partial charge in [-0.15, -0.1) is 0 Å². The molecule has 134 valence electrons. The quantitative estimate of drug-likeness (QED) is 0.658. The number of para-hydroxylation sites is 1. The lowest BCUT2D eigenvalue weighted by Gasteiger charge is -2.29. The first-order chi connectivity index (χ1) is 12.1. The molecule has 1 aromatic carbocycles. The highest BCUT2D eigenvalue weighted by Gasteiger charge is 2.23. The third-order valence-corrected chi connectivity index (χ3v) is 5.91. The molecule has 0 spiro atoms. The van der Waals surface area contributed by atoms with Crippen molar-refractivity contribution in [2.45, 2.75) is 57.3 Å². The molecule has 1 amide bonds. The van der Waals surface area contributed by atoms with Gasteiger partial charge in [-0.05, 0) is 37.8 Å². The van der Waals surface area contributed by atoms with Gasteiger partial charge in [0.25, 0.3) is 5.56 Å². The second-order valence-corrected chi connectivity index (χ2v) is 7.63. The number of carbonyl (C=O) groups excluding carboxylic acids is 1. The summed E-state index contributed by atoms with van der Waals surface area (Å²) in [5.41, 5.74) is 0.637. The number of fused-ring (bicyclic) bond motifs is 1. The lowest BCUT2D eigenvalue weighted by molar-refractivity contribution is -0.119. The SMILES string of the molecule is CCn1c(SCC(=O)N[C@H]2CCCC[C@H]2C)nc2ccccc2c1=O. The number of rotatable bonds is 5. The van der Waals surface area contributed by atoms with Crippen molar-refractivity contribution in [1.29, 1.82) is 0 Å². The van der Waals surface area contributed by atoms with Gasteiger partial charge in [0.05, 0.1) is 16.7 Å². The van der Waals surface area contributed by atoms with Gasteiger partial charge < -0.3 is 5.32 Å². The van der Waals surface area contributed by atoms with Crippen LogP contribution in [0, 0.1) is 5.92 Å². The van der Waals surface area contributed by atoms with Crippen LogP contribution in [0.25, 0.3) is 10.9 Å². The number of nitrogens with zero attached hydrogens (tertiary/aromatic N) is 2. The number of amides is 1. The van der Waals surface area contributed by atoms with E-state index in [1.54, 1.807) is 10.6 Å². The molecule has 5 nitrogen and oxygen atoms in total. The van der Waals surface area contributed by atoms with E-state index in [4.69, 9.17) is 0 Å². The van der Waals surface area contributed by atoms with Crippen molar-refractivity contribution in [3.05, 3.63) is 34.6 Å². The summed E-state index contributed by atoms with van der Waals surface area (Å²) in [6, 6.07) is 7.63. The zero-order valence-electron chi connectivity index (χ0n) is 14.8. The fraction of sp³-hybridized carbons (Fsp3) is 0.526. The van der Waals surface area contributed by atoms with Crippen LogP contribution in [0.15, 0.2) is 34.2 Å². The molecule has 6 heteroatoms. The first-order valence-electron chi connectivity index (χ1n) is 9.02. The Balaban J connectivity index is 1.72. The molecule has 0 bridgehead atoms. The van der Waals surface area contributed by atoms with Gasteiger partial charge >= 0.3 is 0 Å². The number of aromatic nitrogens is 2. The van der Waals surface area contributed by atoms with Gasteiger partial charge in [-0.3, -0.25) is 14.2 Å². The largest absolute Gasteiger partial charge is 0.352 e. The normalized spacial score (nSPS) is 20.6. The van der Waals surface area contributed by atoms with Crippen LogP contribution >= 0.6 is 11.8 Å². The standard InChI is InChI=1S/C19H25N3O2S/c1-3-22-18(24)14-9-5-7-11-16(14)21-19(22)25-12-17(23)20-15-10-6-4-8-13(15)2/h5,7,9,11,13,15H,3-4,6,8,10,12H2,1-2H3,(H,20,23)/t13-,15+/m1/s1. The van der Waals surface area contributed by atoms with Crippen LogP contribution in [0.5, 0.6) is 0 Å². The van der Waals surface area contributed by atoms with Crippen LogP contribution in [0.4, 0.5) is 0 Å². The van der Waals surface area contributed by atoms with Crippen LogP contribution < -0.4 is 10.9 Å². The number of benzene rings is 1. The van der Waals surface area contributed by atoms with E-state index in [0.717, 1.165) is 6.42 Å². The van der Waals surface area contributed by atoms with Crippen LogP contribution in [0.2, 0.25) is 0 Å². The molecule has 1 aromatic heterocycles. The third-order valence-electron chi connectivity index (χ3n) is 4.93. The number of carbonyl (C=O) groups is 1. The predicted octanol–water partition coefficient (Wildman–Crippen LogP) is 3.20. The minimum Gasteiger partial charge on any atom is -0.352 e. The van der Waals surface area contributed by atoms with Crippen molar-refractivity contribution in [3.8, 4) is 0 Å². The van der Waals surface area contributed by atoms with E-state index in [-0.39, 0.29) is 23.3 Å². The van der Waals surface area contributed by atoms with Crippen LogP contribution in [-0.2, 0) is 11.3 Å². The Kier molecular flexibility index (Phi) is 5.78. The molecule has 1 N–H and O–H groups in total. The highest BCUT2D eigenvalue weighted by atomic mass is 32.2. The summed E-state index contributed by atoms with van der Waals surface area (Å²) in [4.78, 5) is 29.5. The van der Waals surface area contributed by atoms with Crippen molar-refractivity contribution in [1.82, 2.24) is 14.9 Å². The fourth-order valence-corrected chi connectivity index (χ4v) is 4.32. The maximum absolute atomic E-state index is 12.6. The Morgan fingerprint density at radius 3 is 2.84 bits per heavy atom. The molecule has 2 atom stereocenters. The monoisotopic (exact) mass is 359 g/mol. The van der Waals surface area contributed by atoms with E-state index >= 15 is 0 Å². The summed E-state index contributed by atoms with van der Waals surface area (Å²) < 4.78 is 1.64. The van der Waals surface area contributed by atoms with Crippen molar-refractivity contribution >= 4 is 28.6 Å². The summed E-state index contributed by atoms with van der Waals surface area (Å²) in [6.45, 7) is 4.67. The van der Waals surface area contributed by atoms with Gasteiger partial charge in [0.15, 0.2) is 5.16 Å². The highest BCUT2D eigenvalue weighted by Crippen LogP contribution is 2.24.